The molecule has 0 aliphatic heterocycles. The summed E-state index contributed by atoms with van der Waals surface area (Å²) in [6.45, 7) is 1.68. The van der Waals surface area contributed by atoms with Gasteiger partial charge in [-0.1, -0.05) is 0 Å². The molecule has 2 aromatic rings. The Morgan fingerprint density at radius 2 is 2.26 bits per heavy atom. The van der Waals surface area contributed by atoms with Gasteiger partial charge in [-0.15, -0.1) is 0 Å². The van der Waals surface area contributed by atoms with Gasteiger partial charge in [0, 0.05) is 18.0 Å². The topological polar surface area (TPSA) is 122 Å². The van der Waals surface area contributed by atoms with Crippen molar-refractivity contribution in [1.29, 1.82) is 0 Å². The van der Waals surface area contributed by atoms with Crippen LogP contribution in [0.2, 0.25) is 0 Å². The molecule has 4 N–H and O–H groups in total. The maximum atomic E-state index is 11.3. The van der Waals surface area contributed by atoms with Gasteiger partial charge in [-0.3, -0.25) is 4.79 Å². The number of anilines is 1. The van der Waals surface area contributed by atoms with E-state index < -0.39 is 5.97 Å². The number of hydrogen-bond acceptors (Lipinski definition) is 6. The summed E-state index contributed by atoms with van der Waals surface area (Å²) in [4.78, 5) is 32.9. The van der Waals surface area contributed by atoms with E-state index >= 15 is 0 Å². The number of carboxylic acid groups (broad SMARTS) is 1. The molecular weight excluding hydrogens is 268 g/mol. The fourth-order valence-electron chi connectivity index (χ4n) is 1.41. The van der Waals surface area contributed by atoms with E-state index in [-0.39, 0.29) is 21.8 Å². The highest BCUT2D eigenvalue weighted by molar-refractivity contribution is 7.99. The van der Waals surface area contributed by atoms with Crippen LogP contribution in [0.5, 0.6) is 0 Å². The fourth-order valence-corrected chi connectivity index (χ4v) is 2.27. The van der Waals surface area contributed by atoms with Crippen LogP contribution in [0.1, 0.15) is 16.1 Å². The predicted octanol–water partition coefficient (Wildman–Crippen LogP) is 0.905. The Morgan fingerprint density at radius 3 is 2.89 bits per heavy atom. The van der Waals surface area contributed by atoms with Crippen molar-refractivity contribution in [3.05, 3.63) is 39.9 Å². The number of aromatic nitrogens is 3. The Hall–Kier alpha value is -2.35. The Balaban J connectivity index is 2.41. The van der Waals surface area contributed by atoms with Gasteiger partial charge in [-0.25, -0.2) is 14.8 Å². The summed E-state index contributed by atoms with van der Waals surface area (Å²) in [7, 11) is 0. The van der Waals surface area contributed by atoms with Gasteiger partial charge in [0.25, 0.3) is 5.56 Å². The highest BCUT2D eigenvalue weighted by Gasteiger charge is 2.14. The van der Waals surface area contributed by atoms with Crippen molar-refractivity contribution < 1.29 is 9.90 Å². The normalized spacial score (nSPS) is 10.4. The van der Waals surface area contributed by atoms with Crippen LogP contribution in [0, 0.1) is 6.92 Å². The minimum atomic E-state index is -1.13. The standard InChI is InChI=1S/C11H10N4O3S/c1-5-4-7(16)15-11(14-5)19-9-8(12)6(10(17)18)2-3-13-9/h2-4H,12H2,1H3,(H,17,18)(H,14,15,16). The number of pyridine rings is 1. The second-order valence-electron chi connectivity index (χ2n) is 3.68. The van der Waals surface area contributed by atoms with Crippen LogP contribution in [-0.4, -0.2) is 26.0 Å². The molecule has 0 spiro atoms. The minimum absolute atomic E-state index is 0.0347. The molecule has 8 heteroatoms. The van der Waals surface area contributed by atoms with Crippen LogP contribution in [0.15, 0.2) is 33.3 Å². The molecule has 0 aliphatic carbocycles. The number of nitrogens with two attached hydrogens (primary N) is 1. The van der Waals surface area contributed by atoms with E-state index in [4.69, 9.17) is 10.8 Å². The molecular formula is C11H10N4O3S. The molecule has 0 aromatic carbocycles. The van der Waals surface area contributed by atoms with Gasteiger partial charge in [0.2, 0.25) is 0 Å². The Bertz CT molecular complexity index is 699. The average molecular weight is 278 g/mol. The number of nitrogens with one attached hydrogen (secondary N) is 1. The number of aromatic amines is 1. The highest BCUT2D eigenvalue weighted by atomic mass is 32.2. The molecule has 0 saturated heterocycles. The van der Waals surface area contributed by atoms with Crippen molar-refractivity contribution in [3.8, 4) is 0 Å². The summed E-state index contributed by atoms with van der Waals surface area (Å²) in [5.74, 6) is -1.13. The van der Waals surface area contributed by atoms with E-state index in [1.165, 1.54) is 18.3 Å². The van der Waals surface area contributed by atoms with Crippen LogP contribution in [0.4, 0.5) is 5.69 Å². The van der Waals surface area contributed by atoms with Gasteiger partial charge in [0.15, 0.2) is 5.16 Å². The summed E-state index contributed by atoms with van der Waals surface area (Å²) in [6.07, 6.45) is 1.34. The summed E-state index contributed by atoms with van der Waals surface area (Å²) in [6, 6.07) is 2.67. The van der Waals surface area contributed by atoms with Crippen molar-refractivity contribution in [1.82, 2.24) is 15.0 Å². The molecule has 2 aromatic heterocycles. The molecule has 2 rings (SSSR count). The molecule has 19 heavy (non-hydrogen) atoms. The highest BCUT2D eigenvalue weighted by Crippen LogP contribution is 2.29. The molecule has 7 nitrogen and oxygen atoms in total. The van der Waals surface area contributed by atoms with Crippen molar-refractivity contribution >= 4 is 23.4 Å². The lowest BCUT2D eigenvalue weighted by atomic mass is 10.2. The number of nitrogens with zero attached hydrogens (tertiary/aromatic N) is 2. The minimum Gasteiger partial charge on any atom is -0.478 e. The number of aromatic carboxylic acids is 1. The number of carboxylic acids is 1. The first-order chi connectivity index (χ1) is 8.97. The third-order valence-electron chi connectivity index (χ3n) is 2.23. The molecule has 98 valence electrons. The molecule has 0 bridgehead atoms. The first kappa shape index (κ1) is 13.1. The number of rotatable bonds is 3. The molecule has 0 aliphatic rings. The third-order valence-corrected chi connectivity index (χ3v) is 3.13. The number of hydrogen-bond donors (Lipinski definition) is 3. The van der Waals surface area contributed by atoms with E-state index in [1.54, 1.807) is 6.92 Å². The van der Waals surface area contributed by atoms with Crippen LogP contribution >= 0.6 is 11.8 Å². The Kier molecular flexibility index (Phi) is 3.52. The van der Waals surface area contributed by atoms with Gasteiger partial charge < -0.3 is 15.8 Å². The maximum Gasteiger partial charge on any atom is 0.337 e. The van der Waals surface area contributed by atoms with E-state index in [2.05, 4.69) is 15.0 Å². The van der Waals surface area contributed by atoms with Crippen molar-refractivity contribution in [2.75, 3.05) is 5.73 Å². The lowest BCUT2D eigenvalue weighted by Crippen LogP contribution is -2.09. The van der Waals surface area contributed by atoms with Crippen molar-refractivity contribution in [2.45, 2.75) is 17.1 Å². The number of aryl methyl sites for hydroxylation is 1. The second-order valence-corrected chi connectivity index (χ2v) is 4.65. The summed E-state index contributed by atoms with van der Waals surface area (Å²) >= 11 is 1.01. The summed E-state index contributed by atoms with van der Waals surface area (Å²) in [5.41, 5.74) is 6.00. The molecule has 2 heterocycles. The first-order valence-electron chi connectivity index (χ1n) is 5.21. The van der Waals surface area contributed by atoms with Crippen molar-refractivity contribution in [2.24, 2.45) is 0 Å². The lowest BCUT2D eigenvalue weighted by molar-refractivity contribution is 0.0697. The fraction of sp³-hybridized carbons (Fsp3) is 0.0909. The Labute approximate surface area is 111 Å². The largest absolute Gasteiger partial charge is 0.478 e. The predicted molar refractivity (Wildman–Crippen MR) is 69.3 cm³/mol. The SMILES string of the molecule is Cc1cc(=O)[nH]c(Sc2nccc(C(=O)O)c2N)n1. The van der Waals surface area contributed by atoms with Crippen LogP contribution in [-0.2, 0) is 0 Å². The molecule has 0 amide bonds. The first-order valence-corrected chi connectivity index (χ1v) is 6.02. The monoisotopic (exact) mass is 278 g/mol. The van der Waals surface area contributed by atoms with E-state index in [9.17, 15) is 9.59 Å². The quantitative estimate of drug-likeness (QED) is 0.713. The average Bonchev–Trinajstić information content (AvgIpc) is 2.30. The van der Waals surface area contributed by atoms with Gasteiger partial charge in [-0.2, -0.15) is 0 Å². The summed E-state index contributed by atoms with van der Waals surface area (Å²) in [5, 5.41) is 9.55. The lowest BCUT2D eigenvalue weighted by Gasteiger charge is -2.06. The van der Waals surface area contributed by atoms with Gasteiger partial charge in [0.1, 0.15) is 5.03 Å². The van der Waals surface area contributed by atoms with Gasteiger partial charge >= 0.3 is 5.97 Å². The van der Waals surface area contributed by atoms with Gasteiger partial charge in [0.05, 0.1) is 11.3 Å². The Morgan fingerprint density at radius 1 is 1.53 bits per heavy atom. The molecule has 0 radical (unpaired) electrons. The molecule has 0 fully saturated rings. The van der Waals surface area contributed by atoms with Crippen molar-refractivity contribution in [3.63, 3.8) is 0 Å². The number of carbonyl (C=O) groups is 1. The van der Waals surface area contributed by atoms with Crippen LogP contribution in [0.25, 0.3) is 0 Å². The molecule has 0 atom stereocenters. The third kappa shape index (κ3) is 2.91. The smallest absolute Gasteiger partial charge is 0.337 e. The summed E-state index contributed by atoms with van der Waals surface area (Å²) < 4.78 is 0. The van der Waals surface area contributed by atoms with Crippen LogP contribution < -0.4 is 11.3 Å². The van der Waals surface area contributed by atoms with E-state index in [0.717, 1.165) is 11.8 Å². The van der Waals surface area contributed by atoms with Crippen LogP contribution in [0.3, 0.4) is 0 Å². The zero-order valence-electron chi connectivity index (χ0n) is 9.88. The van der Waals surface area contributed by atoms with E-state index in [0.29, 0.717) is 10.9 Å². The zero-order chi connectivity index (χ0) is 14.0. The molecule has 0 saturated carbocycles. The zero-order valence-corrected chi connectivity index (χ0v) is 10.7. The maximum absolute atomic E-state index is 11.3. The van der Waals surface area contributed by atoms with Gasteiger partial charge in [-0.05, 0) is 24.8 Å². The number of H-pyrrole nitrogens is 1. The second kappa shape index (κ2) is 5.11. The molecule has 0 unspecified atom stereocenters. The van der Waals surface area contributed by atoms with E-state index in [1.807, 2.05) is 0 Å². The number of nitrogen functional groups attached to an aromatic ring is 1.